The number of rotatable bonds is 3. The van der Waals surface area contributed by atoms with E-state index in [0.29, 0.717) is 12.0 Å². The second kappa shape index (κ2) is 5.25. The Morgan fingerprint density at radius 1 is 1.47 bits per heavy atom. The van der Waals surface area contributed by atoms with E-state index in [9.17, 15) is 15.0 Å². The van der Waals surface area contributed by atoms with Gasteiger partial charge in [-0.3, -0.25) is 4.57 Å². The maximum atomic E-state index is 11.8. The maximum absolute atomic E-state index is 11.8. The third kappa shape index (κ3) is 2.35. The number of aryl methyl sites for hydroxylation is 1. The summed E-state index contributed by atoms with van der Waals surface area (Å²) < 4.78 is 6.36. The van der Waals surface area contributed by atoms with Gasteiger partial charge in [-0.25, -0.2) is 4.79 Å². The fourth-order valence-electron chi connectivity index (χ4n) is 2.09. The van der Waals surface area contributed by atoms with Crippen molar-refractivity contribution in [1.29, 1.82) is 0 Å². The number of nitrogens with two attached hydrogens (primary N) is 1. The molecule has 2 rings (SSSR count). The van der Waals surface area contributed by atoms with Crippen molar-refractivity contribution in [2.45, 2.75) is 37.9 Å². The minimum atomic E-state index is -1.31. The van der Waals surface area contributed by atoms with Gasteiger partial charge in [0.15, 0.2) is 6.23 Å². The maximum Gasteiger partial charge on any atom is 0.351 e. The average molecular weight is 271 g/mol. The van der Waals surface area contributed by atoms with Crippen LogP contribution in [0.5, 0.6) is 0 Å². The molecular formula is C11H17N3O5. The lowest BCUT2D eigenvalue weighted by molar-refractivity contribution is -0.0550. The van der Waals surface area contributed by atoms with Gasteiger partial charge in [0.25, 0.3) is 0 Å². The third-order valence-corrected chi connectivity index (χ3v) is 3.23. The van der Waals surface area contributed by atoms with Crippen LogP contribution in [-0.4, -0.2) is 49.8 Å². The van der Waals surface area contributed by atoms with Crippen molar-refractivity contribution in [3.63, 3.8) is 0 Å². The van der Waals surface area contributed by atoms with Gasteiger partial charge < -0.3 is 25.8 Å². The van der Waals surface area contributed by atoms with E-state index in [0.717, 1.165) is 4.57 Å². The Labute approximate surface area is 109 Å². The highest BCUT2D eigenvalue weighted by Gasteiger charge is 2.43. The van der Waals surface area contributed by atoms with Crippen LogP contribution in [-0.2, 0) is 11.2 Å². The molecule has 8 nitrogen and oxygen atoms in total. The van der Waals surface area contributed by atoms with Gasteiger partial charge in [0.05, 0.1) is 6.61 Å². The average Bonchev–Trinajstić information content (AvgIpc) is 2.67. The van der Waals surface area contributed by atoms with Crippen LogP contribution >= 0.6 is 0 Å². The lowest BCUT2D eigenvalue weighted by Crippen LogP contribution is -2.36. The quantitative estimate of drug-likeness (QED) is 0.500. The second-order valence-corrected chi connectivity index (χ2v) is 4.42. The highest BCUT2D eigenvalue weighted by atomic mass is 16.6. The molecule has 8 heteroatoms. The number of aliphatic hydroxyl groups is 3. The summed E-state index contributed by atoms with van der Waals surface area (Å²) >= 11 is 0. The number of aromatic nitrogens is 2. The van der Waals surface area contributed by atoms with Gasteiger partial charge in [0.2, 0.25) is 0 Å². The molecule has 4 atom stereocenters. The first kappa shape index (κ1) is 13.9. The molecule has 1 fully saturated rings. The van der Waals surface area contributed by atoms with Crippen molar-refractivity contribution in [1.82, 2.24) is 9.55 Å². The van der Waals surface area contributed by atoms with Crippen LogP contribution in [0.4, 0.5) is 5.82 Å². The van der Waals surface area contributed by atoms with Crippen molar-refractivity contribution in [3.05, 3.63) is 22.2 Å². The normalized spacial score (nSPS) is 30.7. The van der Waals surface area contributed by atoms with Gasteiger partial charge in [0.1, 0.15) is 24.1 Å². The van der Waals surface area contributed by atoms with E-state index >= 15 is 0 Å². The standard InChI is InChI=1S/C11H17N3O5/c1-2-5-3-14(11(18)13-9(5)12)10-8(17)7(16)6(4-15)19-10/h3,6-8,10,15-17H,2,4H2,1H3,(H2,12,13,18)/t6-,7?,8+,10-/m1/s1. The molecule has 19 heavy (non-hydrogen) atoms. The van der Waals surface area contributed by atoms with E-state index in [1.807, 2.05) is 6.92 Å². The fraction of sp³-hybridized carbons (Fsp3) is 0.636. The fourth-order valence-corrected chi connectivity index (χ4v) is 2.09. The van der Waals surface area contributed by atoms with Gasteiger partial charge in [-0.2, -0.15) is 4.98 Å². The first-order chi connectivity index (χ1) is 8.99. The molecule has 106 valence electrons. The summed E-state index contributed by atoms with van der Waals surface area (Å²) in [5, 5.41) is 28.5. The lowest BCUT2D eigenvalue weighted by Gasteiger charge is -2.18. The summed E-state index contributed by atoms with van der Waals surface area (Å²) in [7, 11) is 0. The van der Waals surface area contributed by atoms with E-state index in [4.69, 9.17) is 15.6 Å². The molecule has 1 unspecified atom stereocenters. The number of nitrogen functional groups attached to an aromatic ring is 1. The lowest BCUT2D eigenvalue weighted by atomic mass is 10.1. The summed E-state index contributed by atoms with van der Waals surface area (Å²) in [5.41, 5.74) is 5.56. The summed E-state index contributed by atoms with van der Waals surface area (Å²) in [6, 6.07) is 0. The molecule has 0 aromatic carbocycles. The molecule has 0 spiro atoms. The number of anilines is 1. The molecule has 1 aromatic rings. The molecule has 0 radical (unpaired) electrons. The Kier molecular flexibility index (Phi) is 3.85. The van der Waals surface area contributed by atoms with Crippen LogP contribution in [0, 0.1) is 0 Å². The topological polar surface area (TPSA) is 131 Å². The summed E-state index contributed by atoms with van der Waals surface area (Å²) in [4.78, 5) is 15.4. The number of hydrogen-bond acceptors (Lipinski definition) is 7. The Hall–Kier alpha value is -1.48. The Balaban J connectivity index is 2.40. The zero-order valence-electron chi connectivity index (χ0n) is 10.4. The Morgan fingerprint density at radius 2 is 2.16 bits per heavy atom. The van der Waals surface area contributed by atoms with Gasteiger partial charge in [-0.05, 0) is 6.42 Å². The van der Waals surface area contributed by atoms with Crippen molar-refractivity contribution in [2.75, 3.05) is 12.3 Å². The number of nitrogens with zero attached hydrogens (tertiary/aromatic N) is 2. The molecule has 2 heterocycles. The van der Waals surface area contributed by atoms with Crippen LogP contribution < -0.4 is 11.4 Å². The van der Waals surface area contributed by atoms with Gasteiger partial charge in [-0.1, -0.05) is 6.92 Å². The summed E-state index contributed by atoms with van der Waals surface area (Å²) in [6.07, 6.45) is -2.58. The van der Waals surface area contributed by atoms with E-state index < -0.39 is 36.8 Å². The Morgan fingerprint density at radius 3 is 2.68 bits per heavy atom. The smallest absolute Gasteiger partial charge is 0.351 e. The molecule has 1 aliphatic heterocycles. The molecule has 1 saturated heterocycles. The number of hydrogen-bond donors (Lipinski definition) is 4. The van der Waals surface area contributed by atoms with Gasteiger partial charge in [-0.15, -0.1) is 0 Å². The van der Waals surface area contributed by atoms with Crippen LogP contribution in [0.3, 0.4) is 0 Å². The van der Waals surface area contributed by atoms with E-state index in [1.54, 1.807) is 0 Å². The molecule has 0 amide bonds. The monoisotopic (exact) mass is 271 g/mol. The molecule has 1 aliphatic rings. The highest BCUT2D eigenvalue weighted by molar-refractivity contribution is 5.36. The molecule has 0 bridgehead atoms. The van der Waals surface area contributed by atoms with Crippen molar-refractivity contribution in [3.8, 4) is 0 Å². The third-order valence-electron chi connectivity index (χ3n) is 3.23. The van der Waals surface area contributed by atoms with Crippen molar-refractivity contribution < 1.29 is 20.1 Å². The molecule has 0 aliphatic carbocycles. The second-order valence-electron chi connectivity index (χ2n) is 4.42. The SMILES string of the molecule is CCc1cn([C@@H]2O[C@H](CO)C(O)[C@@H]2O)c(=O)nc1N. The van der Waals surface area contributed by atoms with Crippen LogP contribution in [0.2, 0.25) is 0 Å². The predicted molar refractivity (Wildman–Crippen MR) is 65.3 cm³/mol. The molecule has 5 N–H and O–H groups in total. The summed E-state index contributed by atoms with van der Waals surface area (Å²) in [5.74, 6) is 0.135. The summed E-state index contributed by atoms with van der Waals surface area (Å²) in [6.45, 7) is 1.39. The van der Waals surface area contributed by atoms with Crippen molar-refractivity contribution in [2.24, 2.45) is 0 Å². The largest absolute Gasteiger partial charge is 0.394 e. The molecule has 1 aromatic heterocycles. The first-order valence-corrected chi connectivity index (χ1v) is 5.99. The Bertz CT molecular complexity index is 518. The molecular weight excluding hydrogens is 254 g/mol. The number of ether oxygens (including phenoxy) is 1. The predicted octanol–water partition coefficient (Wildman–Crippen LogP) is -2.00. The first-order valence-electron chi connectivity index (χ1n) is 5.99. The minimum Gasteiger partial charge on any atom is -0.394 e. The van der Waals surface area contributed by atoms with E-state index in [-0.39, 0.29) is 5.82 Å². The van der Waals surface area contributed by atoms with Crippen LogP contribution in [0.15, 0.2) is 11.0 Å². The zero-order valence-corrected chi connectivity index (χ0v) is 10.4. The van der Waals surface area contributed by atoms with Crippen LogP contribution in [0.1, 0.15) is 18.7 Å². The zero-order chi connectivity index (χ0) is 14.2. The van der Waals surface area contributed by atoms with E-state index in [2.05, 4.69) is 4.98 Å². The van der Waals surface area contributed by atoms with Gasteiger partial charge in [0, 0.05) is 11.8 Å². The highest BCUT2D eigenvalue weighted by Crippen LogP contribution is 2.28. The van der Waals surface area contributed by atoms with Crippen molar-refractivity contribution >= 4 is 5.82 Å². The minimum absolute atomic E-state index is 0.135. The number of aliphatic hydroxyl groups excluding tert-OH is 3. The van der Waals surface area contributed by atoms with Crippen LogP contribution in [0.25, 0.3) is 0 Å². The van der Waals surface area contributed by atoms with E-state index in [1.165, 1.54) is 6.20 Å². The molecule has 0 saturated carbocycles. The van der Waals surface area contributed by atoms with Gasteiger partial charge >= 0.3 is 5.69 Å².